The lowest BCUT2D eigenvalue weighted by atomic mass is 9.94. The molecule has 18 heavy (non-hydrogen) atoms. The fourth-order valence-corrected chi connectivity index (χ4v) is 3.95. The Hall–Kier alpha value is -0.590. The number of nitrogens with two attached hydrogens (primary N) is 1. The summed E-state index contributed by atoms with van der Waals surface area (Å²) < 4.78 is 2.21. The molecule has 1 aromatic rings. The summed E-state index contributed by atoms with van der Waals surface area (Å²) >= 11 is 2.02. The molecule has 1 fully saturated rings. The normalized spacial score (nSPS) is 25.5. The van der Waals surface area contributed by atoms with Crippen molar-refractivity contribution in [1.29, 1.82) is 0 Å². The molecule has 0 spiro atoms. The van der Waals surface area contributed by atoms with E-state index in [1.807, 2.05) is 16.4 Å². The lowest BCUT2D eigenvalue weighted by Crippen LogP contribution is -2.50. The molecule has 1 aliphatic heterocycles. The standard InChI is InChI=1S/C12H23N5S/c1-3-6-17-11(14-9-15-17)8-10(16-13)12(2)5-4-7-18-12/h9-10,16H,3-8,13H2,1-2H3. The molecule has 2 rings (SSSR count). The quantitative estimate of drug-likeness (QED) is 0.602. The minimum atomic E-state index is 0.220. The zero-order valence-electron chi connectivity index (χ0n) is 11.2. The van der Waals surface area contributed by atoms with Gasteiger partial charge in [0.2, 0.25) is 0 Å². The van der Waals surface area contributed by atoms with Gasteiger partial charge in [-0.25, -0.2) is 4.98 Å². The third kappa shape index (κ3) is 2.87. The zero-order chi connectivity index (χ0) is 13.0. The van der Waals surface area contributed by atoms with Crippen LogP contribution in [-0.4, -0.2) is 31.3 Å². The van der Waals surface area contributed by atoms with Gasteiger partial charge in [-0.2, -0.15) is 16.9 Å². The maximum Gasteiger partial charge on any atom is 0.138 e. The zero-order valence-corrected chi connectivity index (χ0v) is 12.0. The van der Waals surface area contributed by atoms with E-state index in [0.29, 0.717) is 0 Å². The van der Waals surface area contributed by atoms with E-state index in [0.717, 1.165) is 25.2 Å². The van der Waals surface area contributed by atoms with Crippen LogP contribution >= 0.6 is 11.8 Å². The van der Waals surface area contributed by atoms with Gasteiger partial charge in [0.25, 0.3) is 0 Å². The summed E-state index contributed by atoms with van der Waals surface area (Å²) in [7, 11) is 0. The molecule has 1 saturated heterocycles. The van der Waals surface area contributed by atoms with Crippen molar-refractivity contribution >= 4 is 11.8 Å². The highest BCUT2D eigenvalue weighted by atomic mass is 32.2. The van der Waals surface area contributed by atoms with Crippen LogP contribution in [0.1, 0.15) is 38.9 Å². The minimum absolute atomic E-state index is 0.220. The molecule has 0 amide bonds. The first-order chi connectivity index (χ1) is 8.69. The molecule has 0 aromatic carbocycles. The highest BCUT2D eigenvalue weighted by Crippen LogP contribution is 2.41. The lowest BCUT2D eigenvalue weighted by Gasteiger charge is -2.32. The summed E-state index contributed by atoms with van der Waals surface area (Å²) in [5.41, 5.74) is 2.99. The maximum absolute atomic E-state index is 5.76. The highest BCUT2D eigenvalue weighted by Gasteiger charge is 2.38. The van der Waals surface area contributed by atoms with E-state index in [1.165, 1.54) is 18.6 Å². The van der Waals surface area contributed by atoms with Gasteiger partial charge in [0.05, 0.1) is 0 Å². The molecule has 0 aliphatic carbocycles. The molecule has 2 unspecified atom stereocenters. The van der Waals surface area contributed by atoms with E-state index in [4.69, 9.17) is 5.84 Å². The lowest BCUT2D eigenvalue weighted by molar-refractivity contribution is 0.391. The molecular weight excluding hydrogens is 246 g/mol. The Morgan fingerprint density at radius 2 is 2.50 bits per heavy atom. The summed E-state index contributed by atoms with van der Waals surface area (Å²) in [6.45, 7) is 5.38. The van der Waals surface area contributed by atoms with Crippen molar-refractivity contribution in [1.82, 2.24) is 20.2 Å². The van der Waals surface area contributed by atoms with Crippen LogP contribution in [0.5, 0.6) is 0 Å². The molecule has 2 heterocycles. The third-order valence-electron chi connectivity index (χ3n) is 3.71. The number of hydrogen-bond acceptors (Lipinski definition) is 5. The van der Waals surface area contributed by atoms with Gasteiger partial charge in [0.15, 0.2) is 0 Å². The van der Waals surface area contributed by atoms with Crippen molar-refractivity contribution in [2.45, 2.75) is 56.9 Å². The first-order valence-corrected chi connectivity index (χ1v) is 7.65. The SMILES string of the molecule is CCCn1ncnc1CC(NN)C1(C)CCCS1. The first kappa shape index (κ1) is 13.8. The summed E-state index contributed by atoms with van der Waals surface area (Å²) in [5.74, 6) is 8.03. The van der Waals surface area contributed by atoms with Crippen molar-refractivity contribution in [2.24, 2.45) is 5.84 Å². The second-order valence-corrected chi connectivity index (χ2v) is 6.72. The molecule has 5 nitrogen and oxygen atoms in total. The number of aromatic nitrogens is 3. The van der Waals surface area contributed by atoms with Gasteiger partial charge in [-0.1, -0.05) is 6.92 Å². The van der Waals surface area contributed by atoms with Gasteiger partial charge in [-0.3, -0.25) is 16.0 Å². The van der Waals surface area contributed by atoms with Crippen LogP contribution in [0.15, 0.2) is 6.33 Å². The van der Waals surface area contributed by atoms with Crippen molar-refractivity contribution in [3.05, 3.63) is 12.2 Å². The van der Waals surface area contributed by atoms with Gasteiger partial charge < -0.3 is 0 Å². The van der Waals surface area contributed by atoms with Gasteiger partial charge in [-0.15, -0.1) is 0 Å². The molecule has 6 heteroatoms. The number of hydrogen-bond donors (Lipinski definition) is 2. The number of nitrogens with zero attached hydrogens (tertiary/aromatic N) is 3. The smallest absolute Gasteiger partial charge is 0.138 e. The summed E-state index contributed by atoms with van der Waals surface area (Å²) in [6, 6.07) is 0.254. The van der Waals surface area contributed by atoms with Crippen molar-refractivity contribution in [3.8, 4) is 0 Å². The fraction of sp³-hybridized carbons (Fsp3) is 0.833. The van der Waals surface area contributed by atoms with Crippen LogP contribution < -0.4 is 11.3 Å². The molecule has 0 saturated carbocycles. The summed E-state index contributed by atoms with van der Waals surface area (Å²) in [4.78, 5) is 4.37. The van der Waals surface area contributed by atoms with Gasteiger partial charge in [0.1, 0.15) is 12.2 Å². The van der Waals surface area contributed by atoms with Gasteiger partial charge >= 0.3 is 0 Å². The van der Waals surface area contributed by atoms with E-state index < -0.39 is 0 Å². The number of rotatable bonds is 6. The Labute approximate surface area is 113 Å². The second kappa shape index (κ2) is 6.04. The van der Waals surface area contributed by atoms with Crippen LogP contribution in [-0.2, 0) is 13.0 Å². The van der Waals surface area contributed by atoms with Crippen LogP contribution in [0.3, 0.4) is 0 Å². The van der Waals surface area contributed by atoms with Crippen molar-refractivity contribution in [2.75, 3.05) is 5.75 Å². The van der Waals surface area contributed by atoms with Crippen LogP contribution in [0.2, 0.25) is 0 Å². The van der Waals surface area contributed by atoms with Crippen molar-refractivity contribution < 1.29 is 0 Å². The molecule has 0 radical (unpaired) electrons. The summed E-state index contributed by atoms with van der Waals surface area (Å²) in [6.07, 6.45) is 6.06. The molecule has 0 bridgehead atoms. The predicted octanol–water partition coefficient (Wildman–Crippen LogP) is 1.35. The van der Waals surface area contributed by atoms with Crippen LogP contribution in [0.4, 0.5) is 0 Å². The number of nitrogens with one attached hydrogen (secondary N) is 1. The Kier molecular flexibility index (Phi) is 4.64. The molecule has 2 atom stereocenters. The van der Waals surface area contributed by atoms with E-state index in [1.54, 1.807) is 6.33 Å². The minimum Gasteiger partial charge on any atom is -0.271 e. The second-order valence-electron chi connectivity index (χ2n) is 5.09. The largest absolute Gasteiger partial charge is 0.271 e. The average Bonchev–Trinajstić information content (AvgIpc) is 2.97. The van der Waals surface area contributed by atoms with E-state index >= 15 is 0 Å². The van der Waals surface area contributed by atoms with Crippen LogP contribution in [0, 0.1) is 0 Å². The van der Waals surface area contributed by atoms with E-state index in [-0.39, 0.29) is 10.8 Å². The van der Waals surface area contributed by atoms with Crippen LogP contribution in [0.25, 0.3) is 0 Å². The number of aryl methyl sites for hydroxylation is 1. The van der Waals surface area contributed by atoms with E-state index in [2.05, 4.69) is 29.4 Å². The molecule has 1 aromatic heterocycles. The fourth-order valence-electron chi connectivity index (χ4n) is 2.55. The molecule has 3 N–H and O–H groups in total. The Bertz CT molecular complexity index is 372. The Morgan fingerprint density at radius 3 is 3.11 bits per heavy atom. The van der Waals surface area contributed by atoms with Gasteiger partial charge in [-0.05, 0) is 31.9 Å². The topological polar surface area (TPSA) is 68.8 Å². The Morgan fingerprint density at radius 1 is 1.67 bits per heavy atom. The molecule has 102 valence electrons. The molecule has 1 aliphatic rings. The highest BCUT2D eigenvalue weighted by molar-refractivity contribution is 8.00. The Balaban J connectivity index is 2.07. The number of thioether (sulfide) groups is 1. The first-order valence-electron chi connectivity index (χ1n) is 6.66. The van der Waals surface area contributed by atoms with Gasteiger partial charge in [0, 0.05) is 23.8 Å². The van der Waals surface area contributed by atoms with Crippen molar-refractivity contribution in [3.63, 3.8) is 0 Å². The third-order valence-corrected chi connectivity index (χ3v) is 5.35. The summed E-state index contributed by atoms with van der Waals surface area (Å²) in [5, 5.41) is 4.27. The maximum atomic E-state index is 5.76. The number of hydrazine groups is 1. The molecular formula is C12H23N5S. The predicted molar refractivity (Wildman–Crippen MR) is 75.2 cm³/mol. The van der Waals surface area contributed by atoms with E-state index in [9.17, 15) is 0 Å². The monoisotopic (exact) mass is 269 g/mol. The average molecular weight is 269 g/mol.